The van der Waals surface area contributed by atoms with E-state index in [9.17, 15) is 4.79 Å². The van der Waals surface area contributed by atoms with E-state index in [2.05, 4.69) is 41.5 Å². The molecular weight excluding hydrogens is 474 g/mol. The van der Waals surface area contributed by atoms with Crippen LogP contribution in [0.25, 0.3) is 0 Å². The zero-order valence-electron chi connectivity index (χ0n) is 18.8. The number of aryl methyl sites for hydroxylation is 1. The minimum atomic E-state index is -0.257. The first kappa shape index (κ1) is 23.0. The van der Waals surface area contributed by atoms with E-state index in [4.69, 9.17) is 16.3 Å². The first-order valence-electron chi connectivity index (χ1n) is 11.3. The molecule has 1 unspecified atom stereocenters. The lowest BCUT2D eigenvalue weighted by atomic mass is 10.2. The molecule has 5 rings (SSSR count). The minimum absolute atomic E-state index is 0.121. The van der Waals surface area contributed by atoms with Crippen LogP contribution in [0.5, 0.6) is 0 Å². The molecule has 34 heavy (non-hydrogen) atoms. The maximum atomic E-state index is 12.9. The number of nitrogens with zero attached hydrogens (tertiary/aromatic N) is 5. The molecule has 2 aromatic heterocycles. The van der Waals surface area contributed by atoms with Gasteiger partial charge in [0.25, 0.3) is 5.91 Å². The quantitative estimate of drug-likeness (QED) is 0.553. The Kier molecular flexibility index (Phi) is 6.91. The summed E-state index contributed by atoms with van der Waals surface area (Å²) < 4.78 is 5.77. The first-order chi connectivity index (χ1) is 16.6. The molecule has 11 heteroatoms. The van der Waals surface area contributed by atoms with Gasteiger partial charge in [-0.1, -0.05) is 17.7 Å². The number of hydrogen-bond donors (Lipinski definition) is 2. The Morgan fingerprint density at radius 1 is 1.21 bits per heavy atom. The molecule has 3 aromatic rings. The van der Waals surface area contributed by atoms with E-state index < -0.39 is 0 Å². The van der Waals surface area contributed by atoms with E-state index in [1.165, 1.54) is 11.3 Å². The van der Waals surface area contributed by atoms with E-state index in [0.717, 1.165) is 54.3 Å². The molecular formula is C23H26ClN7O2S. The summed E-state index contributed by atoms with van der Waals surface area (Å²) in [4.78, 5) is 31.4. The topological polar surface area (TPSA) is 95.5 Å². The summed E-state index contributed by atoms with van der Waals surface area (Å²) in [5.41, 5.74) is 1.80. The minimum Gasteiger partial charge on any atom is -0.368 e. The predicted molar refractivity (Wildman–Crippen MR) is 134 cm³/mol. The van der Waals surface area contributed by atoms with Gasteiger partial charge in [0.2, 0.25) is 5.95 Å². The number of anilines is 3. The zero-order chi connectivity index (χ0) is 23.5. The number of amides is 1. The zero-order valence-corrected chi connectivity index (χ0v) is 20.4. The van der Waals surface area contributed by atoms with Crippen molar-refractivity contribution in [3.05, 3.63) is 57.1 Å². The number of thiazole rings is 1. The number of morpholine rings is 1. The molecule has 4 heterocycles. The molecule has 2 saturated heterocycles. The van der Waals surface area contributed by atoms with Crippen LogP contribution in [0.1, 0.15) is 26.5 Å². The van der Waals surface area contributed by atoms with Gasteiger partial charge in [-0.2, -0.15) is 4.98 Å². The number of halogens is 1. The van der Waals surface area contributed by atoms with E-state index >= 15 is 0 Å². The summed E-state index contributed by atoms with van der Waals surface area (Å²) in [6.45, 7) is 7.33. The van der Waals surface area contributed by atoms with Gasteiger partial charge in [-0.25, -0.2) is 9.97 Å². The third-order valence-electron chi connectivity index (χ3n) is 5.87. The maximum Gasteiger partial charge on any atom is 0.270 e. The fraction of sp³-hybridized carbons (Fsp3) is 0.391. The standard InChI is InChI=1S/C23H26ClN7O2S/c1-15-20(34-22(27-15)18-14-25-7-12-33-18)21(32)29-23-26-6-5-19(28-23)31-10-8-30(9-11-31)17-4-2-3-16(24)13-17/h2-6,13,18,25H,7-12,14H2,1H3,(H,26,28,29,32). The van der Waals surface area contributed by atoms with Gasteiger partial charge >= 0.3 is 0 Å². The summed E-state index contributed by atoms with van der Waals surface area (Å²) in [6.07, 6.45) is 1.55. The highest BCUT2D eigenvalue weighted by Crippen LogP contribution is 2.27. The van der Waals surface area contributed by atoms with Crippen LogP contribution >= 0.6 is 22.9 Å². The van der Waals surface area contributed by atoms with Gasteiger partial charge in [-0.15, -0.1) is 11.3 Å². The predicted octanol–water partition coefficient (Wildman–Crippen LogP) is 3.13. The van der Waals surface area contributed by atoms with Crippen LogP contribution in [-0.4, -0.2) is 66.7 Å². The van der Waals surface area contributed by atoms with Crippen molar-refractivity contribution in [2.75, 3.05) is 61.0 Å². The van der Waals surface area contributed by atoms with E-state index in [1.54, 1.807) is 6.20 Å². The van der Waals surface area contributed by atoms with Gasteiger partial charge in [0.15, 0.2) is 0 Å². The molecule has 1 atom stereocenters. The Bertz CT molecular complexity index is 1160. The number of carbonyl (C=O) groups is 1. The number of nitrogens with one attached hydrogen (secondary N) is 2. The summed E-state index contributed by atoms with van der Waals surface area (Å²) in [5, 5.41) is 7.67. The summed E-state index contributed by atoms with van der Waals surface area (Å²) in [6, 6.07) is 9.78. The fourth-order valence-corrected chi connectivity index (χ4v) is 5.30. The fourth-order valence-electron chi connectivity index (χ4n) is 4.10. The van der Waals surface area contributed by atoms with Crippen molar-refractivity contribution in [2.24, 2.45) is 0 Å². The average Bonchev–Trinajstić information content (AvgIpc) is 3.27. The molecule has 178 valence electrons. The molecule has 1 aromatic carbocycles. The number of rotatable bonds is 5. The van der Waals surface area contributed by atoms with Crippen LogP contribution in [0.4, 0.5) is 17.5 Å². The van der Waals surface area contributed by atoms with Gasteiger partial charge in [0, 0.05) is 56.2 Å². The number of carbonyl (C=O) groups excluding carboxylic acids is 1. The lowest BCUT2D eigenvalue weighted by molar-refractivity contribution is 0.0275. The Morgan fingerprint density at radius 3 is 2.79 bits per heavy atom. The van der Waals surface area contributed by atoms with Crippen molar-refractivity contribution >= 4 is 46.3 Å². The highest BCUT2D eigenvalue weighted by Gasteiger charge is 2.24. The Morgan fingerprint density at radius 2 is 2.03 bits per heavy atom. The van der Waals surface area contributed by atoms with Crippen molar-refractivity contribution in [3.8, 4) is 0 Å². The number of piperazine rings is 1. The molecule has 2 N–H and O–H groups in total. The number of benzene rings is 1. The van der Waals surface area contributed by atoms with Crippen LogP contribution < -0.4 is 20.4 Å². The monoisotopic (exact) mass is 499 g/mol. The summed E-state index contributed by atoms with van der Waals surface area (Å²) in [5.74, 6) is 0.817. The number of hydrogen-bond acceptors (Lipinski definition) is 9. The van der Waals surface area contributed by atoms with Crippen LogP contribution in [0, 0.1) is 6.92 Å². The van der Waals surface area contributed by atoms with Crippen LogP contribution in [0.15, 0.2) is 36.5 Å². The second-order valence-electron chi connectivity index (χ2n) is 8.18. The van der Waals surface area contributed by atoms with E-state index in [-0.39, 0.29) is 18.0 Å². The SMILES string of the molecule is Cc1nc(C2CNCCO2)sc1C(=O)Nc1nccc(N2CCN(c3cccc(Cl)c3)CC2)n1. The number of ether oxygens (including phenoxy) is 1. The van der Waals surface area contributed by atoms with Gasteiger partial charge in [-0.05, 0) is 31.2 Å². The Labute approximate surface area is 207 Å². The van der Waals surface area contributed by atoms with Crippen LogP contribution in [-0.2, 0) is 4.74 Å². The highest BCUT2D eigenvalue weighted by molar-refractivity contribution is 7.14. The Balaban J connectivity index is 1.22. The molecule has 1 amide bonds. The van der Waals surface area contributed by atoms with Gasteiger partial charge in [-0.3, -0.25) is 10.1 Å². The summed E-state index contributed by atoms with van der Waals surface area (Å²) in [7, 11) is 0. The number of aromatic nitrogens is 3. The lowest BCUT2D eigenvalue weighted by Gasteiger charge is -2.36. The molecule has 2 aliphatic heterocycles. The Hall–Kier alpha value is -2.79. The molecule has 0 aliphatic carbocycles. The molecule has 0 saturated carbocycles. The summed E-state index contributed by atoms with van der Waals surface area (Å²) >= 11 is 7.50. The van der Waals surface area contributed by atoms with Crippen molar-refractivity contribution < 1.29 is 9.53 Å². The average molecular weight is 500 g/mol. The third-order valence-corrected chi connectivity index (χ3v) is 7.35. The van der Waals surface area contributed by atoms with Crippen molar-refractivity contribution in [3.63, 3.8) is 0 Å². The maximum absolute atomic E-state index is 12.9. The van der Waals surface area contributed by atoms with Crippen molar-refractivity contribution in [1.29, 1.82) is 0 Å². The van der Waals surface area contributed by atoms with E-state index in [1.807, 2.05) is 31.2 Å². The lowest BCUT2D eigenvalue weighted by Crippen LogP contribution is -2.46. The molecule has 0 bridgehead atoms. The largest absolute Gasteiger partial charge is 0.368 e. The normalized spacial score (nSPS) is 18.7. The van der Waals surface area contributed by atoms with Crippen molar-refractivity contribution in [2.45, 2.75) is 13.0 Å². The second kappa shape index (κ2) is 10.2. The molecule has 0 spiro atoms. The first-order valence-corrected chi connectivity index (χ1v) is 12.5. The smallest absolute Gasteiger partial charge is 0.270 e. The molecule has 2 fully saturated rings. The van der Waals surface area contributed by atoms with Gasteiger partial charge in [0.05, 0.1) is 12.3 Å². The van der Waals surface area contributed by atoms with Crippen LogP contribution in [0.3, 0.4) is 0 Å². The molecule has 2 aliphatic rings. The van der Waals surface area contributed by atoms with Gasteiger partial charge < -0.3 is 19.9 Å². The van der Waals surface area contributed by atoms with Crippen LogP contribution in [0.2, 0.25) is 5.02 Å². The highest BCUT2D eigenvalue weighted by atomic mass is 35.5. The molecule has 0 radical (unpaired) electrons. The van der Waals surface area contributed by atoms with Gasteiger partial charge in [0.1, 0.15) is 21.8 Å². The second-order valence-corrected chi connectivity index (χ2v) is 9.64. The third kappa shape index (κ3) is 5.15. The molecule has 9 nitrogen and oxygen atoms in total. The van der Waals surface area contributed by atoms with E-state index in [0.29, 0.717) is 23.7 Å². The van der Waals surface area contributed by atoms with Crippen molar-refractivity contribution in [1.82, 2.24) is 20.3 Å².